The van der Waals surface area contributed by atoms with Gasteiger partial charge in [-0.25, -0.2) is 0 Å². The highest BCUT2D eigenvalue weighted by Gasteiger charge is 2.20. The summed E-state index contributed by atoms with van der Waals surface area (Å²) in [4.78, 5) is 0. The number of hydrogen-bond donors (Lipinski definition) is 1. The Hall–Kier alpha value is -0.340. The summed E-state index contributed by atoms with van der Waals surface area (Å²) in [6, 6.07) is 0. The summed E-state index contributed by atoms with van der Waals surface area (Å²) in [5.74, 6) is 0.705. The largest absolute Gasteiger partial charge is 0.376 e. The van der Waals surface area contributed by atoms with Gasteiger partial charge in [0, 0.05) is 6.54 Å². The van der Waals surface area contributed by atoms with E-state index in [1.807, 2.05) is 6.08 Å². The Bertz CT molecular complexity index is 136. The summed E-state index contributed by atoms with van der Waals surface area (Å²) in [6.45, 7) is 8.90. The summed E-state index contributed by atoms with van der Waals surface area (Å²) >= 11 is 0. The molecule has 2 nitrogen and oxygen atoms in total. The van der Waals surface area contributed by atoms with Crippen LogP contribution in [0, 0.1) is 5.92 Å². The molecule has 0 radical (unpaired) electrons. The average Bonchev–Trinajstić information content (AvgIpc) is 2.09. The van der Waals surface area contributed by atoms with Crippen molar-refractivity contribution in [3.63, 3.8) is 0 Å². The van der Waals surface area contributed by atoms with Crippen LogP contribution in [0.2, 0.25) is 0 Å². The van der Waals surface area contributed by atoms with Crippen LogP contribution in [-0.4, -0.2) is 25.8 Å². The van der Waals surface area contributed by atoms with Gasteiger partial charge in [0.2, 0.25) is 0 Å². The van der Waals surface area contributed by atoms with Gasteiger partial charge in [0.05, 0.1) is 12.7 Å². The summed E-state index contributed by atoms with van der Waals surface area (Å²) < 4.78 is 5.70. The third-order valence-corrected chi connectivity index (χ3v) is 2.41. The van der Waals surface area contributed by atoms with E-state index < -0.39 is 0 Å². The molecule has 1 heterocycles. The van der Waals surface area contributed by atoms with Crippen molar-refractivity contribution in [1.29, 1.82) is 0 Å². The van der Waals surface area contributed by atoms with E-state index in [0.29, 0.717) is 12.0 Å². The van der Waals surface area contributed by atoms with E-state index in [4.69, 9.17) is 4.74 Å². The molecule has 1 N–H and O–H groups in total. The van der Waals surface area contributed by atoms with Crippen LogP contribution >= 0.6 is 0 Å². The maximum Gasteiger partial charge on any atom is 0.0725 e. The van der Waals surface area contributed by atoms with E-state index >= 15 is 0 Å². The molecule has 70 valence electrons. The molecule has 2 atom stereocenters. The Labute approximate surface area is 75.0 Å². The Morgan fingerprint density at radius 1 is 1.67 bits per heavy atom. The first-order chi connectivity index (χ1) is 5.84. The molecule has 2 heteroatoms. The maximum absolute atomic E-state index is 5.70. The predicted molar refractivity (Wildman–Crippen MR) is 51.2 cm³/mol. The highest BCUT2D eigenvalue weighted by atomic mass is 16.5. The molecule has 12 heavy (non-hydrogen) atoms. The normalized spacial score (nSPS) is 30.1. The molecule has 0 aliphatic carbocycles. The lowest BCUT2D eigenvalue weighted by Crippen LogP contribution is -2.41. The number of piperidine rings is 1. The second-order valence-electron chi connectivity index (χ2n) is 3.46. The van der Waals surface area contributed by atoms with Crippen molar-refractivity contribution in [3.05, 3.63) is 12.7 Å². The first-order valence-electron chi connectivity index (χ1n) is 4.78. The fraction of sp³-hybridized carbons (Fsp3) is 0.800. The molecule has 0 spiro atoms. The second-order valence-corrected chi connectivity index (χ2v) is 3.46. The van der Waals surface area contributed by atoms with E-state index in [-0.39, 0.29) is 0 Å². The van der Waals surface area contributed by atoms with Gasteiger partial charge in [-0.15, -0.1) is 6.58 Å². The lowest BCUT2D eigenvalue weighted by atomic mass is 9.97. The van der Waals surface area contributed by atoms with Gasteiger partial charge < -0.3 is 10.1 Å². The van der Waals surface area contributed by atoms with Gasteiger partial charge in [0.25, 0.3) is 0 Å². The van der Waals surface area contributed by atoms with Crippen LogP contribution in [0.15, 0.2) is 12.7 Å². The van der Waals surface area contributed by atoms with E-state index in [9.17, 15) is 0 Å². The Morgan fingerprint density at radius 3 is 3.17 bits per heavy atom. The van der Waals surface area contributed by atoms with E-state index in [1.54, 1.807) is 0 Å². The lowest BCUT2D eigenvalue weighted by Gasteiger charge is -2.29. The summed E-state index contributed by atoms with van der Waals surface area (Å²) in [5.41, 5.74) is 0. The van der Waals surface area contributed by atoms with Gasteiger partial charge in [-0.1, -0.05) is 13.0 Å². The average molecular weight is 169 g/mol. The van der Waals surface area contributed by atoms with Crippen LogP contribution in [0.4, 0.5) is 0 Å². The molecule has 0 bridgehead atoms. The van der Waals surface area contributed by atoms with Gasteiger partial charge in [0.15, 0.2) is 0 Å². The van der Waals surface area contributed by atoms with Crippen LogP contribution < -0.4 is 5.32 Å². The zero-order valence-corrected chi connectivity index (χ0v) is 7.88. The molecular weight excluding hydrogens is 150 g/mol. The smallest absolute Gasteiger partial charge is 0.0725 e. The number of hydrogen-bond acceptors (Lipinski definition) is 2. The quantitative estimate of drug-likeness (QED) is 0.509. The zero-order chi connectivity index (χ0) is 8.81. The Kier molecular flexibility index (Phi) is 4.33. The van der Waals surface area contributed by atoms with Crippen LogP contribution in [0.1, 0.15) is 19.8 Å². The summed E-state index contributed by atoms with van der Waals surface area (Å²) in [6.07, 6.45) is 4.52. The van der Waals surface area contributed by atoms with Crippen molar-refractivity contribution < 1.29 is 4.74 Å². The first kappa shape index (κ1) is 9.75. The minimum atomic E-state index is 0.415. The van der Waals surface area contributed by atoms with Crippen molar-refractivity contribution in [2.45, 2.75) is 25.9 Å². The minimum absolute atomic E-state index is 0.415. The number of ether oxygens (including phenoxy) is 1. The molecule has 2 unspecified atom stereocenters. The standard InChI is InChI=1S/C10H19NO/c1-3-4-7-12-10-8-11-6-5-9(10)2/h3,9-11H,1,4-8H2,2H3. The van der Waals surface area contributed by atoms with Crippen molar-refractivity contribution in [1.82, 2.24) is 5.32 Å². The summed E-state index contributed by atoms with van der Waals surface area (Å²) in [5, 5.41) is 3.34. The highest BCUT2D eigenvalue weighted by Crippen LogP contribution is 2.14. The molecule has 0 saturated carbocycles. The molecule has 0 amide bonds. The van der Waals surface area contributed by atoms with Crippen LogP contribution in [0.5, 0.6) is 0 Å². The lowest BCUT2D eigenvalue weighted by molar-refractivity contribution is 0.00658. The van der Waals surface area contributed by atoms with E-state index in [2.05, 4.69) is 18.8 Å². The van der Waals surface area contributed by atoms with Gasteiger partial charge >= 0.3 is 0 Å². The maximum atomic E-state index is 5.70. The minimum Gasteiger partial charge on any atom is -0.376 e. The molecule has 1 rings (SSSR count). The van der Waals surface area contributed by atoms with Crippen molar-refractivity contribution >= 4 is 0 Å². The topological polar surface area (TPSA) is 21.3 Å². The van der Waals surface area contributed by atoms with Crippen molar-refractivity contribution in [3.8, 4) is 0 Å². The third kappa shape index (κ3) is 2.95. The zero-order valence-electron chi connectivity index (χ0n) is 7.88. The van der Waals surface area contributed by atoms with Crippen LogP contribution in [-0.2, 0) is 4.74 Å². The molecular formula is C10H19NO. The molecule has 1 aliphatic heterocycles. The van der Waals surface area contributed by atoms with Gasteiger partial charge in [-0.2, -0.15) is 0 Å². The number of rotatable bonds is 4. The van der Waals surface area contributed by atoms with Crippen molar-refractivity contribution in [2.24, 2.45) is 5.92 Å². The fourth-order valence-corrected chi connectivity index (χ4v) is 1.49. The van der Waals surface area contributed by atoms with E-state index in [1.165, 1.54) is 6.42 Å². The van der Waals surface area contributed by atoms with E-state index in [0.717, 1.165) is 26.1 Å². The molecule has 0 aromatic rings. The van der Waals surface area contributed by atoms with Crippen LogP contribution in [0.25, 0.3) is 0 Å². The molecule has 1 saturated heterocycles. The predicted octanol–water partition coefficient (Wildman–Crippen LogP) is 1.58. The van der Waals surface area contributed by atoms with Gasteiger partial charge in [-0.05, 0) is 25.3 Å². The molecule has 0 aromatic carbocycles. The first-order valence-corrected chi connectivity index (χ1v) is 4.78. The monoisotopic (exact) mass is 169 g/mol. The Morgan fingerprint density at radius 2 is 2.50 bits per heavy atom. The second kappa shape index (κ2) is 5.33. The van der Waals surface area contributed by atoms with Crippen LogP contribution in [0.3, 0.4) is 0 Å². The molecule has 1 fully saturated rings. The van der Waals surface area contributed by atoms with Gasteiger partial charge in [0.1, 0.15) is 0 Å². The Balaban J connectivity index is 2.15. The highest BCUT2D eigenvalue weighted by molar-refractivity contribution is 4.76. The van der Waals surface area contributed by atoms with Gasteiger partial charge in [-0.3, -0.25) is 0 Å². The summed E-state index contributed by atoms with van der Waals surface area (Å²) in [7, 11) is 0. The third-order valence-electron chi connectivity index (χ3n) is 2.41. The fourth-order valence-electron chi connectivity index (χ4n) is 1.49. The number of nitrogens with one attached hydrogen (secondary N) is 1. The van der Waals surface area contributed by atoms with Crippen molar-refractivity contribution in [2.75, 3.05) is 19.7 Å². The molecule has 0 aromatic heterocycles. The SMILES string of the molecule is C=CCCOC1CNCCC1C. The molecule has 1 aliphatic rings.